The Kier molecular flexibility index (Phi) is 2.93. The van der Waals surface area contributed by atoms with Gasteiger partial charge in [-0.25, -0.2) is 14.2 Å². The molecule has 0 aliphatic rings. The van der Waals surface area contributed by atoms with E-state index >= 15 is 0 Å². The number of nitrogens with zero attached hydrogens (tertiary/aromatic N) is 1. The Bertz CT molecular complexity index is 592. The van der Waals surface area contributed by atoms with E-state index in [1.807, 2.05) is 0 Å². The van der Waals surface area contributed by atoms with Crippen LogP contribution in [-0.2, 0) is 0 Å². The molecule has 88 valence electrons. The molecule has 1 aromatic heterocycles. The molecule has 0 atom stereocenters. The van der Waals surface area contributed by atoms with E-state index in [-0.39, 0.29) is 11.5 Å². The van der Waals surface area contributed by atoms with Crippen molar-refractivity contribution < 1.29 is 14.3 Å². The number of hydrogen-bond acceptors (Lipinski definition) is 3. The Morgan fingerprint density at radius 1 is 1.41 bits per heavy atom. The van der Waals surface area contributed by atoms with E-state index in [0.29, 0.717) is 9.88 Å². The molecule has 0 radical (unpaired) electrons. The summed E-state index contributed by atoms with van der Waals surface area (Å²) in [6.07, 6.45) is 0. The molecule has 2 rings (SSSR count). The first-order chi connectivity index (χ1) is 7.99. The zero-order valence-electron chi connectivity index (χ0n) is 9.32. The smallest absolute Gasteiger partial charge is 0.355 e. The highest BCUT2D eigenvalue weighted by molar-refractivity contribution is 7.15. The summed E-state index contributed by atoms with van der Waals surface area (Å²) in [4.78, 5) is 15.6. The van der Waals surface area contributed by atoms with Crippen LogP contribution in [0.3, 0.4) is 0 Å². The zero-order chi connectivity index (χ0) is 12.6. The number of hydrogen-bond donors (Lipinski definition) is 1. The fourth-order valence-corrected chi connectivity index (χ4v) is 2.57. The lowest BCUT2D eigenvalue weighted by atomic mass is 10.1. The topological polar surface area (TPSA) is 50.2 Å². The molecule has 5 heteroatoms. The zero-order valence-corrected chi connectivity index (χ0v) is 10.1. The second kappa shape index (κ2) is 4.25. The first-order valence-corrected chi connectivity index (χ1v) is 5.78. The Hall–Kier alpha value is -1.75. The van der Waals surface area contributed by atoms with Gasteiger partial charge in [0.2, 0.25) is 0 Å². The highest BCUT2D eigenvalue weighted by atomic mass is 32.1. The van der Waals surface area contributed by atoms with Crippen molar-refractivity contribution >= 4 is 17.3 Å². The Morgan fingerprint density at radius 3 is 2.65 bits per heavy atom. The molecule has 0 aliphatic heterocycles. The number of thiazole rings is 1. The van der Waals surface area contributed by atoms with Crippen LogP contribution in [0.15, 0.2) is 18.2 Å². The molecule has 0 bridgehead atoms. The van der Waals surface area contributed by atoms with Crippen LogP contribution in [0.2, 0.25) is 0 Å². The van der Waals surface area contributed by atoms with Gasteiger partial charge in [-0.1, -0.05) is 0 Å². The molecule has 3 nitrogen and oxygen atoms in total. The van der Waals surface area contributed by atoms with Gasteiger partial charge in [0.1, 0.15) is 10.8 Å². The first kappa shape index (κ1) is 11.7. The third kappa shape index (κ3) is 2.19. The third-order valence-electron chi connectivity index (χ3n) is 2.42. The summed E-state index contributed by atoms with van der Waals surface area (Å²) in [5.41, 5.74) is 1.58. The van der Waals surface area contributed by atoms with Crippen LogP contribution in [0.1, 0.15) is 20.9 Å². The van der Waals surface area contributed by atoms with E-state index in [9.17, 15) is 9.18 Å². The van der Waals surface area contributed by atoms with E-state index < -0.39 is 5.97 Å². The van der Waals surface area contributed by atoms with Gasteiger partial charge in [-0.3, -0.25) is 0 Å². The Balaban J connectivity index is 2.53. The van der Waals surface area contributed by atoms with Crippen molar-refractivity contribution in [1.82, 2.24) is 4.98 Å². The number of aromatic nitrogens is 1. The molecule has 0 fully saturated rings. The summed E-state index contributed by atoms with van der Waals surface area (Å²) in [6.45, 7) is 3.49. The molecule has 1 aromatic carbocycles. The number of aromatic carboxylic acids is 1. The van der Waals surface area contributed by atoms with Gasteiger partial charge < -0.3 is 5.11 Å². The normalized spacial score (nSPS) is 10.5. The first-order valence-electron chi connectivity index (χ1n) is 4.96. The van der Waals surface area contributed by atoms with E-state index in [2.05, 4.69) is 4.98 Å². The van der Waals surface area contributed by atoms with Crippen molar-refractivity contribution in [1.29, 1.82) is 0 Å². The van der Waals surface area contributed by atoms with Crippen molar-refractivity contribution in [3.8, 4) is 10.6 Å². The number of benzene rings is 1. The van der Waals surface area contributed by atoms with Crippen LogP contribution < -0.4 is 0 Å². The maximum absolute atomic E-state index is 13.0. The summed E-state index contributed by atoms with van der Waals surface area (Å²) in [5, 5.41) is 9.53. The van der Waals surface area contributed by atoms with Crippen LogP contribution >= 0.6 is 11.3 Å². The SMILES string of the molecule is Cc1cc(F)ccc1-c1nc(C(=O)O)c(C)s1. The van der Waals surface area contributed by atoms with Gasteiger partial charge in [-0.2, -0.15) is 0 Å². The summed E-state index contributed by atoms with van der Waals surface area (Å²) in [7, 11) is 0. The molecule has 0 unspecified atom stereocenters. The second-order valence-electron chi connectivity index (χ2n) is 3.69. The molecule has 0 spiro atoms. The van der Waals surface area contributed by atoms with Crippen LogP contribution in [-0.4, -0.2) is 16.1 Å². The largest absolute Gasteiger partial charge is 0.476 e. The van der Waals surface area contributed by atoms with Crippen molar-refractivity contribution in [3.05, 3.63) is 40.2 Å². The summed E-state index contributed by atoms with van der Waals surface area (Å²) < 4.78 is 13.0. The van der Waals surface area contributed by atoms with Crippen molar-refractivity contribution in [3.63, 3.8) is 0 Å². The minimum Gasteiger partial charge on any atom is -0.476 e. The average Bonchev–Trinajstić information content (AvgIpc) is 2.60. The number of carbonyl (C=O) groups is 1. The quantitative estimate of drug-likeness (QED) is 0.891. The van der Waals surface area contributed by atoms with Gasteiger partial charge in [-0.05, 0) is 37.6 Å². The number of halogens is 1. The van der Waals surface area contributed by atoms with Crippen LogP contribution in [0.5, 0.6) is 0 Å². The van der Waals surface area contributed by atoms with Crippen LogP contribution in [0.4, 0.5) is 4.39 Å². The third-order valence-corrected chi connectivity index (χ3v) is 3.42. The van der Waals surface area contributed by atoms with Crippen molar-refractivity contribution in [2.24, 2.45) is 0 Å². The summed E-state index contributed by atoms with van der Waals surface area (Å²) in [5.74, 6) is -1.34. The molecule has 2 aromatic rings. The van der Waals surface area contributed by atoms with Gasteiger partial charge in [0.15, 0.2) is 5.69 Å². The van der Waals surface area contributed by atoms with E-state index in [1.165, 1.54) is 23.5 Å². The molecular weight excluding hydrogens is 241 g/mol. The monoisotopic (exact) mass is 251 g/mol. The van der Waals surface area contributed by atoms with Crippen LogP contribution in [0, 0.1) is 19.7 Å². The van der Waals surface area contributed by atoms with Gasteiger partial charge in [0.05, 0.1) is 0 Å². The average molecular weight is 251 g/mol. The lowest BCUT2D eigenvalue weighted by Gasteiger charge is -2.01. The molecular formula is C12H10FNO2S. The predicted octanol–water partition coefficient (Wildman–Crippen LogP) is 3.26. The lowest BCUT2D eigenvalue weighted by molar-refractivity contribution is 0.0690. The Labute approximate surface area is 102 Å². The minimum absolute atomic E-state index is 0.0636. The molecule has 0 saturated carbocycles. The molecule has 17 heavy (non-hydrogen) atoms. The molecule has 0 amide bonds. The van der Waals surface area contributed by atoms with E-state index in [0.717, 1.165) is 11.1 Å². The van der Waals surface area contributed by atoms with E-state index in [1.54, 1.807) is 19.9 Å². The summed E-state index contributed by atoms with van der Waals surface area (Å²) >= 11 is 1.30. The maximum atomic E-state index is 13.0. The maximum Gasteiger partial charge on any atom is 0.355 e. The van der Waals surface area contributed by atoms with Gasteiger partial charge >= 0.3 is 5.97 Å². The van der Waals surface area contributed by atoms with Crippen molar-refractivity contribution in [2.75, 3.05) is 0 Å². The molecule has 1 heterocycles. The fourth-order valence-electron chi connectivity index (χ4n) is 1.58. The fraction of sp³-hybridized carbons (Fsp3) is 0.167. The number of aryl methyl sites for hydroxylation is 2. The number of carboxylic acid groups (broad SMARTS) is 1. The highest BCUT2D eigenvalue weighted by Gasteiger charge is 2.16. The summed E-state index contributed by atoms with van der Waals surface area (Å²) in [6, 6.07) is 4.38. The standard InChI is InChI=1S/C12H10FNO2S/c1-6-5-8(13)3-4-9(6)11-14-10(12(15)16)7(2)17-11/h3-5H,1-2H3,(H,15,16). The minimum atomic E-state index is -1.04. The number of carboxylic acids is 1. The Morgan fingerprint density at radius 2 is 2.12 bits per heavy atom. The van der Waals surface area contributed by atoms with Crippen LogP contribution in [0.25, 0.3) is 10.6 Å². The lowest BCUT2D eigenvalue weighted by Crippen LogP contribution is -1.98. The predicted molar refractivity (Wildman–Crippen MR) is 63.9 cm³/mol. The van der Waals surface area contributed by atoms with Gasteiger partial charge in [0, 0.05) is 10.4 Å². The molecule has 1 N–H and O–H groups in total. The van der Waals surface area contributed by atoms with Crippen molar-refractivity contribution in [2.45, 2.75) is 13.8 Å². The molecule has 0 aliphatic carbocycles. The number of rotatable bonds is 2. The van der Waals surface area contributed by atoms with E-state index in [4.69, 9.17) is 5.11 Å². The van der Waals surface area contributed by atoms with Gasteiger partial charge in [-0.15, -0.1) is 11.3 Å². The second-order valence-corrected chi connectivity index (χ2v) is 4.89. The highest BCUT2D eigenvalue weighted by Crippen LogP contribution is 2.30. The van der Waals surface area contributed by atoms with Gasteiger partial charge in [0.25, 0.3) is 0 Å². The molecule has 0 saturated heterocycles.